The molecule has 0 fully saturated rings. The van der Waals surface area contributed by atoms with Crippen LogP contribution in [0.4, 0.5) is 0 Å². The number of hydrogen-bond donors (Lipinski definition) is 0. The molecule has 0 spiro atoms. The van der Waals surface area contributed by atoms with E-state index in [1.165, 1.54) is 16.3 Å². The van der Waals surface area contributed by atoms with E-state index < -0.39 is 0 Å². The Morgan fingerprint density at radius 3 is 2.20 bits per heavy atom. The highest BCUT2D eigenvalue weighted by Crippen LogP contribution is 2.41. The molecule has 0 N–H and O–H groups in total. The number of para-hydroxylation sites is 1. The third kappa shape index (κ3) is 5.43. The summed E-state index contributed by atoms with van der Waals surface area (Å²) in [5.41, 5.74) is 9.78. The van der Waals surface area contributed by atoms with Gasteiger partial charge in [-0.1, -0.05) is 152 Å². The molecule has 4 heteroatoms. The van der Waals surface area contributed by atoms with Gasteiger partial charge in [-0.15, -0.1) is 0 Å². The van der Waals surface area contributed by atoms with E-state index in [-0.39, 0.29) is 0 Å². The molecule has 0 saturated heterocycles. The topological polar surface area (TPSA) is 51.8 Å². The van der Waals surface area contributed by atoms with Gasteiger partial charge in [0, 0.05) is 33.0 Å². The second-order valence-electron chi connectivity index (χ2n) is 12.5. The van der Waals surface area contributed by atoms with Crippen LogP contribution < -0.4 is 0 Å². The molecule has 0 amide bonds. The second kappa shape index (κ2) is 12.4. The molecule has 2 aromatic heterocycles. The first kappa shape index (κ1) is 29.5. The van der Waals surface area contributed by atoms with Crippen molar-refractivity contribution in [3.8, 4) is 45.3 Å². The van der Waals surface area contributed by atoms with Crippen molar-refractivity contribution in [1.29, 1.82) is 0 Å². The van der Waals surface area contributed by atoms with Gasteiger partial charge in [0.05, 0.1) is 0 Å². The van der Waals surface area contributed by atoms with Crippen LogP contribution in [0.5, 0.6) is 0 Å². The summed E-state index contributed by atoms with van der Waals surface area (Å²) < 4.78 is 6.66. The van der Waals surface area contributed by atoms with E-state index in [2.05, 4.69) is 110 Å². The maximum atomic E-state index is 6.66. The fourth-order valence-electron chi connectivity index (χ4n) is 6.74. The number of fused-ring (bicyclic) bond motifs is 5. The van der Waals surface area contributed by atoms with Gasteiger partial charge in [0.25, 0.3) is 0 Å². The Labute approximate surface area is 290 Å². The molecule has 236 valence electrons. The molecule has 2 heterocycles. The zero-order valence-electron chi connectivity index (χ0n) is 27.3. The summed E-state index contributed by atoms with van der Waals surface area (Å²) in [5, 5.41) is 4.40. The number of rotatable bonds is 4. The van der Waals surface area contributed by atoms with Gasteiger partial charge in [-0.25, -0.2) is 15.0 Å². The van der Waals surface area contributed by atoms with Crippen LogP contribution in [0.1, 0.15) is 11.1 Å². The molecule has 6 aromatic carbocycles. The zero-order chi connectivity index (χ0) is 33.4. The quantitative estimate of drug-likeness (QED) is 0.192. The summed E-state index contributed by atoms with van der Waals surface area (Å²) in [4.78, 5) is 15.3. The molecule has 0 radical (unpaired) electrons. The smallest absolute Gasteiger partial charge is 0.164 e. The largest absolute Gasteiger partial charge is 0.455 e. The summed E-state index contributed by atoms with van der Waals surface area (Å²) in [7, 11) is 0. The van der Waals surface area contributed by atoms with Crippen molar-refractivity contribution in [1.82, 2.24) is 15.0 Å². The van der Waals surface area contributed by atoms with Crippen LogP contribution in [0.15, 0.2) is 174 Å². The van der Waals surface area contributed by atoms with Crippen molar-refractivity contribution in [2.24, 2.45) is 0 Å². The van der Waals surface area contributed by atoms with Gasteiger partial charge in [-0.05, 0) is 57.7 Å². The number of benzene rings is 6. The fraction of sp³-hybridized carbons (Fsp3) is 0.0217. The lowest BCUT2D eigenvalue weighted by Crippen LogP contribution is -2.01. The molecule has 0 atom stereocenters. The first-order valence-corrected chi connectivity index (χ1v) is 16.8. The Morgan fingerprint density at radius 1 is 0.540 bits per heavy atom. The van der Waals surface area contributed by atoms with E-state index in [0.717, 1.165) is 67.3 Å². The molecular weight excluding hydrogens is 611 g/mol. The van der Waals surface area contributed by atoms with Gasteiger partial charge in [0.1, 0.15) is 11.2 Å². The summed E-state index contributed by atoms with van der Waals surface area (Å²) in [6, 6.07) is 44.0. The van der Waals surface area contributed by atoms with Gasteiger partial charge in [-0.3, -0.25) is 0 Å². The van der Waals surface area contributed by atoms with Crippen LogP contribution in [-0.2, 0) is 6.42 Å². The van der Waals surface area contributed by atoms with E-state index in [1.807, 2.05) is 60.7 Å². The first-order chi connectivity index (χ1) is 24.7. The predicted molar refractivity (Wildman–Crippen MR) is 207 cm³/mol. The minimum atomic E-state index is 0.593. The van der Waals surface area contributed by atoms with Gasteiger partial charge in [0.15, 0.2) is 17.5 Å². The van der Waals surface area contributed by atoms with Crippen molar-refractivity contribution in [3.05, 3.63) is 181 Å². The zero-order valence-corrected chi connectivity index (χ0v) is 27.3. The van der Waals surface area contributed by atoms with Crippen molar-refractivity contribution in [3.63, 3.8) is 0 Å². The highest BCUT2D eigenvalue weighted by molar-refractivity contribution is 6.15. The maximum absolute atomic E-state index is 6.66. The second-order valence-corrected chi connectivity index (χ2v) is 12.5. The fourth-order valence-corrected chi connectivity index (χ4v) is 6.74. The molecule has 8 aromatic rings. The lowest BCUT2D eigenvalue weighted by atomic mass is 9.98. The first-order valence-electron chi connectivity index (χ1n) is 16.8. The molecule has 0 unspecified atom stereocenters. The average Bonchev–Trinajstić information content (AvgIpc) is 3.56. The minimum Gasteiger partial charge on any atom is -0.455 e. The van der Waals surface area contributed by atoms with Crippen molar-refractivity contribution < 1.29 is 4.42 Å². The van der Waals surface area contributed by atoms with Crippen LogP contribution in [0.25, 0.3) is 84.1 Å². The van der Waals surface area contributed by atoms with Crippen LogP contribution in [0, 0.1) is 0 Å². The number of allylic oxidation sites excluding steroid dienone is 6. The normalized spacial score (nSPS) is 14.8. The molecule has 0 saturated carbocycles. The van der Waals surface area contributed by atoms with E-state index in [4.69, 9.17) is 19.4 Å². The molecular formula is C46H31N3O. The Morgan fingerprint density at radius 2 is 1.30 bits per heavy atom. The number of furan rings is 1. The number of aromatic nitrogens is 3. The molecule has 0 bridgehead atoms. The number of nitrogens with zero attached hydrogens (tertiary/aromatic N) is 3. The summed E-state index contributed by atoms with van der Waals surface area (Å²) in [6.07, 6.45) is 13.3. The van der Waals surface area contributed by atoms with E-state index in [1.54, 1.807) is 0 Å². The van der Waals surface area contributed by atoms with Gasteiger partial charge < -0.3 is 4.42 Å². The van der Waals surface area contributed by atoms with E-state index in [9.17, 15) is 0 Å². The molecule has 4 nitrogen and oxygen atoms in total. The van der Waals surface area contributed by atoms with Crippen LogP contribution in [0.2, 0.25) is 0 Å². The third-order valence-electron chi connectivity index (χ3n) is 9.27. The predicted octanol–water partition coefficient (Wildman–Crippen LogP) is 11.8. The van der Waals surface area contributed by atoms with Crippen LogP contribution in [0.3, 0.4) is 0 Å². The highest BCUT2D eigenvalue weighted by atomic mass is 16.3. The SMILES string of the molecule is C=C1/C=C\C=C/Cc2ccc(-c3nc(-c4ccccc4)nc(-c4cccc5oc6c(-c7ccc8ccccc8c7)cccc6c45)n3)cc2/C=C\1. The van der Waals surface area contributed by atoms with Crippen molar-refractivity contribution in [2.45, 2.75) is 6.42 Å². The molecule has 1 aliphatic carbocycles. The van der Waals surface area contributed by atoms with Gasteiger partial charge in [0.2, 0.25) is 0 Å². The Bertz CT molecular complexity index is 2700. The lowest BCUT2D eigenvalue weighted by molar-refractivity contribution is 0.670. The average molecular weight is 642 g/mol. The van der Waals surface area contributed by atoms with Crippen LogP contribution >= 0.6 is 0 Å². The van der Waals surface area contributed by atoms with Gasteiger partial charge in [-0.2, -0.15) is 0 Å². The van der Waals surface area contributed by atoms with Crippen LogP contribution in [-0.4, -0.2) is 15.0 Å². The van der Waals surface area contributed by atoms with Crippen molar-refractivity contribution >= 4 is 38.8 Å². The summed E-state index contributed by atoms with van der Waals surface area (Å²) in [6.45, 7) is 4.16. The molecule has 50 heavy (non-hydrogen) atoms. The Balaban J connectivity index is 1.23. The summed E-state index contributed by atoms with van der Waals surface area (Å²) in [5.74, 6) is 1.82. The van der Waals surface area contributed by atoms with Gasteiger partial charge >= 0.3 is 0 Å². The Hall–Kier alpha value is -6.65. The molecule has 1 aliphatic rings. The minimum absolute atomic E-state index is 0.593. The third-order valence-corrected chi connectivity index (χ3v) is 9.27. The maximum Gasteiger partial charge on any atom is 0.164 e. The Kier molecular flexibility index (Phi) is 7.33. The highest BCUT2D eigenvalue weighted by Gasteiger charge is 2.20. The van der Waals surface area contributed by atoms with E-state index in [0.29, 0.717) is 17.5 Å². The van der Waals surface area contributed by atoms with E-state index >= 15 is 0 Å². The molecule has 0 aliphatic heterocycles. The standard InChI is InChI=1S/C46H31N3O/c1-30-12-4-2-5-13-32-25-27-37(29-35(32)23-22-30)45-47-44(33-15-6-3-7-16-33)48-46(49-45)40-20-11-21-41-42(40)39-19-10-18-38(43(39)50-41)36-26-24-31-14-8-9-17-34(31)28-36/h2-12,14-29H,1,13H2/b5-2-,12-4-,23-22-. The van der Waals surface area contributed by atoms with Crippen molar-refractivity contribution in [2.75, 3.05) is 0 Å². The summed E-state index contributed by atoms with van der Waals surface area (Å²) >= 11 is 0. The number of hydrogen-bond acceptors (Lipinski definition) is 4. The lowest BCUT2D eigenvalue weighted by Gasteiger charge is -2.11. The molecule has 9 rings (SSSR count). The monoisotopic (exact) mass is 641 g/mol.